The summed E-state index contributed by atoms with van der Waals surface area (Å²) in [7, 11) is 1.84. The zero-order valence-corrected chi connectivity index (χ0v) is 14.5. The van der Waals surface area contributed by atoms with Crippen molar-refractivity contribution < 1.29 is 9.50 Å². The molecule has 0 aromatic heterocycles. The molecule has 2 unspecified atom stereocenters. The van der Waals surface area contributed by atoms with Crippen LogP contribution in [-0.2, 0) is 5.41 Å². The number of nitrogens with one attached hydrogen (secondary N) is 1. The molecule has 0 spiro atoms. The smallest absolute Gasteiger partial charge is 0.123 e. The lowest BCUT2D eigenvalue weighted by Crippen LogP contribution is -2.42. The third kappa shape index (κ3) is 3.04. The van der Waals surface area contributed by atoms with Gasteiger partial charge in [0.1, 0.15) is 5.82 Å². The fourth-order valence-corrected chi connectivity index (χ4v) is 3.73. The predicted octanol–water partition coefficient (Wildman–Crippen LogP) is 3.24. The number of anilines is 1. The number of fused-ring (bicyclic) bond motifs is 1. The van der Waals surface area contributed by atoms with Gasteiger partial charge in [-0.25, -0.2) is 4.39 Å². The summed E-state index contributed by atoms with van der Waals surface area (Å²) >= 11 is 0. The van der Waals surface area contributed by atoms with Crippen molar-refractivity contribution >= 4 is 5.69 Å². The lowest BCUT2D eigenvalue weighted by Gasteiger charge is -2.35. The number of benzene rings is 2. The maximum Gasteiger partial charge on any atom is 0.123 e. The highest BCUT2D eigenvalue weighted by Crippen LogP contribution is 2.45. The second kappa shape index (κ2) is 6.54. The van der Waals surface area contributed by atoms with E-state index in [0.29, 0.717) is 6.54 Å². The van der Waals surface area contributed by atoms with Crippen molar-refractivity contribution in [3.63, 3.8) is 0 Å². The maximum atomic E-state index is 13.8. The molecular weight excluding hydrogens is 303 g/mol. The van der Waals surface area contributed by atoms with Crippen molar-refractivity contribution in [1.82, 2.24) is 5.32 Å². The fourth-order valence-electron chi connectivity index (χ4n) is 3.73. The molecule has 24 heavy (non-hydrogen) atoms. The molecule has 2 aromatic rings. The Bertz CT molecular complexity index is 702. The van der Waals surface area contributed by atoms with Crippen LogP contribution in [0.15, 0.2) is 48.5 Å². The van der Waals surface area contributed by atoms with Gasteiger partial charge in [0.15, 0.2) is 0 Å². The average molecular weight is 328 g/mol. The van der Waals surface area contributed by atoms with Gasteiger partial charge in [0.05, 0.1) is 12.1 Å². The first-order chi connectivity index (χ1) is 11.4. The van der Waals surface area contributed by atoms with E-state index in [1.807, 2.05) is 43.4 Å². The molecule has 128 valence electrons. The van der Waals surface area contributed by atoms with Gasteiger partial charge in [0.25, 0.3) is 0 Å². The van der Waals surface area contributed by atoms with Gasteiger partial charge < -0.3 is 15.3 Å². The number of hydrogen-bond donors (Lipinski definition) is 2. The Morgan fingerprint density at radius 1 is 1.21 bits per heavy atom. The number of rotatable bonds is 5. The molecule has 1 heterocycles. The molecule has 0 saturated carbocycles. The molecule has 1 aliphatic heterocycles. The number of nitrogens with zero attached hydrogens (tertiary/aromatic N) is 1. The molecule has 4 heteroatoms. The minimum atomic E-state index is -0.566. The second-order valence-corrected chi connectivity index (χ2v) is 7.15. The minimum absolute atomic E-state index is 0.163. The van der Waals surface area contributed by atoms with Crippen LogP contribution >= 0.6 is 0 Å². The van der Waals surface area contributed by atoms with Crippen molar-refractivity contribution in [2.45, 2.75) is 31.4 Å². The van der Waals surface area contributed by atoms with Crippen LogP contribution in [0, 0.1) is 5.82 Å². The van der Waals surface area contributed by atoms with E-state index in [4.69, 9.17) is 0 Å². The van der Waals surface area contributed by atoms with E-state index < -0.39 is 6.10 Å². The molecule has 0 amide bonds. The van der Waals surface area contributed by atoms with Crippen LogP contribution in [0.4, 0.5) is 10.1 Å². The number of aliphatic hydroxyl groups excluding tert-OH is 1. The monoisotopic (exact) mass is 328 g/mol. The molecule has 0 radical (unpaired) electrons. The van der Waals surface area contributed by atoms with Crippen LogP contribution in [0.3, 0.4) is 0 Å². The summed E-state index contributed by atoms with van der Waals surface area (Å²) in [5.74, 6) is -0.212. The summed E-state index contributed by atoms with van der Waals surface area (Å²) in [6, 6.07) is 14.8. The molecule has 2 aromatic carbocycles. The number of halogens is 1. The van der Waals surface area contributed by atoms with E-state index in [1.54, 1.807) is 6.07 Å². The summed E-state index contributed by atoms with van der Waals surface area (Å²) in [5.41, 5.74) is 2.91. The molecular formula is C20H25FN2O. The van der Waals surface area contributed by atoms with E-state index in [0.717, 1.165) is 23.4 Å². The minimum Gasteiger partial charge on any atom is -0.389 e. The van der Waals surface area contributed by atoms with Crippen LogP contribution in [0.25, 0.3) is 0 Å². The van der Waals surface area contributed by atoms with Crippen LogP contribution in [-0.4, -0.2) is 31.3 Å². The van der Waals surface area contributed by atoms with Crippen LogP contribution in [0.1, 0.15) is 31.0 Å². The summed E-state index contributed by atoms with van der Waals surface area (Å²) < 4.78 is 13.8. The van der Waals surface area contributed by atoms with Gasteiger partial charge in [-0.3, -0.25) is 0 Å². The van der Waals surface area contributed by atoms with Crippen molar-refractivity contribution in [2.75, 3.05) is 25.0 Å². The van der Waals surface area contributed by atoms with Gasteiger partial charge in [-0.15, -0.1) is 0 Å². The molecule has 1 aliphatic rings. The fraction of sp³-hybridized carbons (Fsp3) is 0.400. The Hall–Kier alpha value is -1.91. The Morgan fingerprint density at radius 2 is 1.92 bits per heavy atom. The van der Waals surface area contributed by atoms with E-state index in [1.165, 1.54) is 6.07 Å². The van der Waals surface area contributed by atoms with Crippen molar-refractivity contribution in [1.29, 1.82) is 0 Å². The first-order valence-electron chi connectivity index (χ1n) is 8.38. The zero-order valence-electron chi connectivity index (χ0n) is 14.5. The van der Waals surface area contributed by atoms with Gasteiger partial charge >= 0.3 is 0 Å². The number of hydrogen-bond acceptors (Lipinski definition) is 3. The van der Waals surface area contributed by atoms with Crippen LogP contribution in [0.2, 0.25) is 0 Å². The van der Waals surface area contributed by atoms with Crippen molar-refractivity contribution in [3.8, 4) is 0 Å². The van der Waals surface area contributed by atoms with E-state index in [9.17, 15) is 9.50 Å². The number of aliphatic hydroxyl groups is 1. The standard InChI is InChI=1S/C20H25FN2O/c1-20(2)13-23(17-10-9-15(21)11-16(17)20)19(18(24)12-22-3)14-7-5-4-6-8-14/h4-11,18-19,22,24H,12-13H2,1-3H3. The lowest BCUT2D eigenvalue weighted by molar-refractivity contribution is 0.140. The summed E-state index contributed by atoms with van der Waals surface area (Å²) in [5, 5.41) is 13.9. The number of likely N-dealkylation sites (N-methyl/N-ethyl adjacent to an activating group) is 1. The molecule has 0 fully saturated rings. The predicted molar refractivity (Wildman–Crippen MR) is 95.9 cm³/mol. The maximum absolute atomic E-state index is 13.8. The Kier molecular flexibility index (Phi) is 4.61. The third-order valence-corrected chi connectivity index (χ3v) is 4.82. The van der Waals surface area contributed by atoms with E-state index in [-0.39, 0.29) is 17.3 Å². The van der Waals surface area contributed by atoms with Gasteiger partial charge in [-0.05, 0) is 36.4 Å². The summed E-state index contributed by atoms with van der Waals surface area (Å²) in [4.78, 5) is 2.21. The molecule has 0 saturated heterocycles. The molecule has 2 atom stereocenters. The van der Waals surface area contributed by atoms with Gasteiger partial charge in [0, 0.05) is 24.2 Å². The molecule has 0 aliphatic carbocycles. The summed E-state index contributed by atoms with van der Waals surface area (Å²) in [6.07, 6.45) is -0.566. The van der Waals surface area contributed by atoms with Crippen molar-refractivity contribution in [3.05, 3.63) is 65.5 Å². The first-order valence-corrected chi connectivity index (χ1v) is 8.38. The topological polar surface area (TPSA) is 35.5 Å². The Morgan fingerprint density at radius 3 is 2.58 bits per heavy atom. The quantitative estimate of drug-likeness (QED) is 0.884. The van der Waals surface area contributed by atoms with Crippen molar-refractivity contribution in [2.24, 2.45) is 0 Å². The largest absolute Gasteiger partial charge is 0.389 e. The molecule has 0 bridgehead atoms. The average Bonchev–Trinajstić information content (AvgIpc) is 2.80. The van der Waals surface area contributed by atoms with E-state index in [2.05, 4.69) is 24.1 Å². The molecule has 3 rings (SSSR count). The van der Waals surface area contributed by atoms with Gasteiger partial charge in [-0.2, -0.15) is 0 Å². The highest BCUT2D eigenvalue weighted by atomic mass is 19.1. The molecule has 2 N–H and O–H groups in total. The Balaban J connectivity index is 2.07. The van der Waals surface area contributed by atoms with Gasteiger partial charge in [-0.1, -0.05) is 44.2 Å². The lowest BCUT2D eigenvalue weighted by atomic mass is 9.87. The van der Waals surface area contributed by atoms with Gasteiger partial charge in [0.2, 0.25) is 0 Å². The molecule has 3 nitrogen and oxygen atoms in total. The normalized spacial score (nSPS) is 18.3. The summed E-state index contributed by atoms with van der Waals surface area (Å²) in [6.45, 7) is 5.48. The zero-order chi connectivity index (χ0) is 17.3. The highest BCUT2D eigenvalue weighted by molar-refractivity contribution is 5.64. The first kappa shape index (κ1) is 16.9. The highest BCUT2D eigenvalue weighted by Gasteiger charge is 2.40. The second-order valence-electron chi connectivity index (χ2n) is 7.15. The third-order valence-electron chi connectivity index (χ3n) is 4.82. The van der Waals surface area contributed by atoms with E-state index >= 15 is 0 Å². The van der Waals surface area contributed by atoms with Crippen LogP contribution < -0.4 is 10.2 Å². The Labute approximate surface area is 143 Å². The van der Waals surface area contributed by atoms with Crippen LogP contribution in [0.5, 0.6) is 0 Å². The SMILES string of the molecule is CNCC(O)C(c1ccccc1)N1CC(C)(C)c2cc(F)ccc21.